The standard InChI is InChI=1S/C35H31ClN6O8S2.2Na/c1-2-3-5-14-30-38-26-17-15-22-19-29(52(48,49)50)32(34(43)31(22)33(26)42(30)41-25-13-9-8-12-24(25)36)40-39-27-20-23(16-18-28(27)51(45,46)47)37-35(44)21-10-6-4-7-11-21;;/h4,6-13,15-20,39,41H,2-3,5,14H2,1H3,(H,37,44)(H,45,46,47)(H,48,49,50);;/q;2*+1/p-2/b40-32-;;. The third kappa shape index (κ3) is 9.52. The van der Waals surface area contributed by atoms with Crippen LogP contribution in [-0.2, 0) is 26.7 Å². The van der Waals surface area contributed by atoms with Crippen molar-refractivity contribution in [1.82, 2.24) is 9.66 Å². The second kappa shape index (κ2) is 18.0. The maximum absolute atomic E-state index is 14.4. The zero-order valence-corrected chi connectivity index (χ0v) is 35.7. The number of aromatic nitrogens is 2. The van der Waals surface area contributed by atoms with Gasteiger partial charge in [-0.2, -0.15) is 13.5 Å². The normalized spacial score (nSPS) is 13.9. The summed E-state index contributed by atoms with van der Waals surface area (Å²) in [6, 6.07) is 21.0. The molecule has 0 unspecified atom stereocenters. The van der Waals surface area contributed by atoms with Crippen LogP contribution < -0.4 is 75.1 Å². The minimum Gasteiger partial charge on any atom is -0.858 e. The zero-order valence-electron chi connectivity index (χ0n) is 29.3. The molecule has 0 spiro atoms. The van der Waals surface area contributed by atoms with Gasteiger partial charge in [0, 0.05) is 6.42 Å². The average Bonchev–Trinajstić information content (AvgIpc) is 3.45. The summed E-state index contributed by atoms with van der Waals surface area (Å²) in [6.07, 6.45) is 4.18. The van der Waals surface area contributed by atoms with E-state index in [1.165, 1.54) is 18.2 Å². The SMILES string of the molecule is CCCCCc1nc2ccc3c(c2n1Nc1ccccc1Cl)C(=O)/C(=N\Nc1cc(N=C([O-])c2ccccc2)ccc1S(=O)(=O)[O-])C(S(=O)(=O)O)=C3.[Na+].[Na+]. The van der Waals surface area contributed by atoms with Gasteiger partial charge in [0.25, 0.3) is 10.1 Å². The van der Waals surface area contributed by atoms with E-state index >= 15 is 0 Å². The number of aryl methyl sites for hydroxylation is 1. The number of halogens is 1. The second-order valence-electron chi connectivity index (χ2n) is 11.6. The Kier molecular flexibility index (Phi) is 14.5. The summed E-state index contributed by atoms with van der Waals surface area (Å²) in [4.78, 5) is 21.4. The minimum atomic E-state index is -5.17. The number of carbonyl (C=O) groups excluding carboxylic acids is 1. The van der Waals surface area contributed by atoms with Gasteiger partial charge in [0.2, 0.25) is 5.78 Å². The van der Waals surface area contributed by atoms with Gasteiger partial charge in [0.15, 0.2) is 5.71 Å². The number of ketones is 1. The number of anilines is 2. The first-order valence-corrected chi connectivity index (χ1v) is 19.0. The quantitative estimate of drug-likeness (QED) is 0.0366. The molecule has 0 aliphatic heterocycles. The number of nitrogens with zero attached hydrogens (tertiary/aromatic N) is 4. The summed E-state index contributed by atoms with van der Waals surface area (Å²) >= 11 is 6.47. The van der Waals surface area contributed by atoms with Crippen molar-refractivity contribution in [3.05, 3.63) is 117 Å². The van der Waals surface area contributed by atoms with E-state index in [9.17, 15) is 35.8 Å². The van der Waals surface area contributed by atoms with Gasteiger partial charge in [0.05, 0.1) is 38.1 Å². The topological polar surface area (TPSA) is 218 Å². The van der Waals surface area contributed by atoms with Crippen molar-refractivity contribution in [2.45, 2.75) is 37.5 Å². The van der Waals surface area contributed by atoms with Gasteiger partial charge < -0.3 is 9.66 Å². The number of imidazole rings is 1. The van der Waals surface area contributed by atoms with Gasteiger partial charge in [-0.25, -0.2) is 18.1 Å². The number of rotatable bonds is 12. The third-order valence-electron chi connectivity index (χ3n) is 8.04. The summed E-state index contributed by atoms with van der Waals surface area (Å²) in [5.41, 5.74) is 5.55. The molecular formula is C35H29ClN6Na2O8S2. The summed E-state index contributed by atoms with van der Waals surface area (Å²) in [5, 5.41) is 17.0. The smallest absolute Gasteiger partial charge is 0.858 e. The number of benzene rings is 4. The van der Waals surface area contributed by atoms with Crippen LogP contribution in [0, 0.1) is 0 Å². The molecule has 0 atom stereocenters. The number of nitrogens with one attached hydrogen (secondary N) is 2. The molecule has 1 aromatic heterocycles. The van der Waals surface area contributed by atoms with Crippen LogP contribution in [0.1, 0.15) is 53.5 Å². The van der Waals surface area contributed by atoms with Crippen LogP contribution in [0.5, 0.6) is 0 Å². The number of aliphatic imine (C=N–C) groups is 1. The monoisotopic (exact) mass is 806 g/mol. The van der Waals surface area contributed by atoms with Crippen molar-refractivity contribution in [3.8, 4) is 0 Å². The number of para-hydroxylation sites is 1. The Morgan fingerprint density at radius 3 is 2.31 bits per heavy atom. The molecule has 0 bridgehead atoms. The first-order valence-electron chi connectivity index (χ1n) is 15.8. The van der Waals surface area contributed by atoms with Crippen molar-refractivity contribution in [3.63, 3.8) is 0 Å². The Morgan fingerprint density at radius 1 is 0.944 bits per heavy atom. The number of hydrogen-bond donors (Lipinski definition) is 3. The Hall–Kier alpha value is -3.39. The Labute approximate surface area is 360 Å². The molecule has 1 heterocycles. The number of fused-ring (bicyclic) bond motifs is 3. The number of unbranched alkanes of at least 4 members (excludes halogenated alkanes) is 2. The van der Waals surface area contributed by atoms with Crippen molar-refractivity contribution in [2.75, 3.05) is 10.9 Å². The zero-order chi connectivity index (χ0) is 37.2. The molecule has 1 aliphatic rings. The van der Waals surface area contributed by atoms with E-state index in [0.717, 1.165) is 43.5 Å². The molecular weight excluding hydrogens is 778 g/mol. The largest absolute Gasteiger partial charge is 1.00 e. The Bertz CT molecular complexity index is 2550. The molecule has 14 nitrogen and oxygen atoms in total. The fraction of sp³-hybridized carbons (Fsp3) is 0.143. The molecule has 54 heavy (non-hydrogen) atoms. The van der Waals surface area contributed by atoms with Crippen molar-refractivity contribution in [2.24, 2.45) is 10.1 Å². The maximum Gasteiger partial charge on any atom is 1.00 e. The molecule has 0 amide bonds. The number of hydrazone groups is 1. The molecule has 3 N–H and O–H groups in total. The third-order valence-corrected chi connectivity index (χ3v) is 10.1. The van der Waals surface area contributed by atoms with Crippen molar-refractivity contribution < 1.29 is 95.0 Å². The van der Waals surface area contributed by atoms with Crippen LogP contribution in [0.25, 0.3) is 17.1 Å². The van der Waals surface area contributed by atoms with Crippen LogP contribution in [0.3, 0.4) is 0 Å². The van der Waals surface area contributed by atoms with Crippen LogP contribution in [0.2, 0.25) is 5.02 Å². The molecule has 0 fully saturated rings. The van der Waals surface area contributed by atoms with E-state index in [1.807, 2.05) is 0 Å². The molecule has 0 saturated carbocycles. The molecule has 1 aliphatic carbocycles. The second-order valence-corrected chi connectivity index (χ2v) is 14.8. The summed E-state index contributed by atoms with van der Waals surface area (Å²) in [6.45, 7) is 2.05. The summed E-state index contributed by atoms with van der Waals surface area (Å²) in [7, 11) is -10.3. The summed E-state index contributed by atoms with van der Waals surface area (Å²) in [5.74, 6) is -1.09. The predicted octanol–water partition coefficient (Wildman–Crippen LogP) is -0.459. The number of allylic oxidation sites excluding steroid dienone is 1. The first-order chi connectivity index (χ1) is 24.8. The van der Waals surface area contributed by atoms with Crippen LogP contribution in [0.15, 0.2) is 105 Å². The molecule has 6 rings (SSSR count). The molecule has 4 aromatic carbocycles. The molecule has 268 valence electrons. The first kappa shape index (κ1) is 43.3. The fourth-order valence-electron chi connectivity index (χ4n) is 5.60. The van der Waals surface area contributed by atoms with Crippen LogP contribution in [-0.4, -0.2) is 53.0 Å². The van der Waals surface area contributed by atoms with E-state index < -0.39 is 53.1 Å². The van der Waals surface area contributed by atoms with Gasteiger partial charge >= 0.3 is 59.1 Å². The van der Waals surface area contributed by atoms with Crippen molar-refractivity contribution >= 4 is 83.4 Å². The van der Waals surface area contributed by atoms with Gasteiger partial charge in [0.1, 0.15) is 26.4 Å². The van der Waals surface area contributed by atoms with E-state index in [0.29, 0.717) is 28.5 Å². The minimum absolute atomic E-state index is 0. The molecule has 0 saturated heterocycles. The van der Waals surface area contributed by atoms with Gasteiger partial charge in [-0.05, 0) is 65.9 Å². The number of Topliss-reactive ketones (excluding diaryl/α,β-unsaturated/α-hetero) is 1. The van der Waals surface area contributed by atoms with Gasteiger partial charge in [-0.1, -0.05) is 79.9 Å². The molecule has 19 heteroatoms. The van der Waals surface area contributed by atoms with E-state index in [1.54, 1.807) is 53.2 Å². The Balaban J connectivity index is 0.00000325. The van der Waals surface area contributed by atoms with Gasteiger partial charge in [-0.3, -0.25) is 25.2 Å². The van der Waals surface area contributed by atoms with E-state index in [-0.39, 0.29) is 87.0 Å². The van der Waals surface area contributed by atoms with E-state index in [4.69, 9.17) is 16.6 Å². The maximum atomic E-state index is 14.4. The van der Waals surface area contributed by atoms with E-state index in [2.05, 4.69) is 27.9 Å². The molecule has 0 radical (unpaired) electrons. The predicted molar refractivity (Wildman–Crippen MR) is 195 cm³/mol. The Morgan fingerprint density at radius 2 is 1.65 bits per heavy atom. The molecule has 5 aromatic rings. The van der Waals surface area contributed by atoms with Crippen LogP contribution >= 0.6 is 11.6 Å². The van der Waals surface area contributed by atoms with Crippen molar-refractivity contribution in [1.29, 1.82) is 0 Å². The van der Waals surface area contributed by atoms with Gasteiger partial charge in [-0.15, -0.1) is 0 Å². The average molecular weight is 807 g/mol. The number of carbonyl (C=O) groups is 1. The number of hydrogen-bond acceptors (Lipinski definition) is 12. The summed E-state index contributed by atoms with van der Waals surface area (Å²) < 4.78 is 73.6. The van der Waals surface area contributed by atoms with Crippen LogP contribution in [0.4, 0.5) is 17.1 Å². The fourth-order valence-corrected chi connectivity index (χ4v) is 7.04.